The lowest BCUT2D eigenvalue weighted by atomic mass is 10.1. The van der Waals surface area contributed by atoms with Gasteiger partial charge in [0.1, 0.15) is 11.8 Å². The number of aliphatic hydroxyl groups excluding tert-OH is 1. The van der Waals surface area contributed by atoms with Crippen LogP contribution in [0, 0.1) is 16.5 Å². The van der Waals surface area contributed by atoms with Crippen molar-refractivity contribution in [3.63, 3.8) is 0 Å². The number of carbonyl (C=O) groups excluding carboxylic acids is 3. The molecule has 1 atom stereocenters. The molecule has 0 saturated carbocycles. The van der Waals surface area contributed by atoms with Gasteiger partial charge in [-0.05, 0) is 18.6 Å². The average Bonchev–Trinajstić information content (AvgIpc) is 3.56. The number of amides is 3. The van der Waals surface area contributed by atoms with Crippen molar-refractivity contribution in [3.8, 4) is 11.8 Å². The summed E-state index contributed by atoms with van der Waals surface area (Å²) in [7, 11) is 0. The molecule has 0 aliphatic carbocycles. The molecule has 21 nitrogen and oxygen atoms in total. The molecule has 4 heterocycles. The first-order valence-corrected chi connectivity index (χ1v) is 20.8. The molecule has 5 rings (SSSR count). The zero-order chi connectivity index (χ0) is 45.7. The SMILES string of the molecule is N#C[C@@H]1CC(F)(F)CN1C(=O)CNC(=O)c1cc[n+]([O-])c2ccc(OCCCN3CCN(C(=O)CN4CCN(CC(=O)O)CCN(CC(O)O)CCN(CC(=O)O)CC4)CC3)cc12. The van der Waals surface area contributed by atoms with E-state index in [1.165, 1.54) is 18.2 Å². The fourth-order valence-electron chi connectivity index (χ4n) is 7.91. The van der Waals surface area contributed by atoms with Crippen LogP contribution < -0.4 is 14.8 Å². The van der Waals surface area contributed by atoms with Crippen molar-refractivity contribution in [2.45, 2.75) is 31.1 Å². The molecular weight excluding hydrogens is 834 g/mol. The predicted molar refractivity (Wildman–Crippen MR) is 218 cm³/mol. The fraction of sp³-hybridized carbons (Fsp3) is 0.625. The maximum Gasteiger partial charge on any atom is 0.317 e. The lowest BCUT2D eigenvalue weighted by molar-refractivity contribution is -0.577. The highest BCUT2D eigenvalue weighted by molar-refractivity contribution is 6.06. The minimum atomic E-state index is -3.20. The van der Waals surface area contributed by atoms with Gasteiger partial charge in [0.15, 0.2) is 12.5 Å². The number of pyridine rings is 1. The third-order valence-electron chi connectivity index (χ3n) is 11.3. The quantitative estimate of drug-likeness (QED) is 0.0508. The van der Waals surface area contributed by atoms with Crippen molar-refractivity contribution in [2.75, 3.05) is 131 Å². The molecule has 1 aromatic carbocycles. The summed E-state index contributed by atoms with van der Waals surface area (Å²) < 4.78 is 34.2. The molecule has 23 heteroatoms. The van der Waals surface area contributed by atoms with Crippen LogP contribution in [0.3, 0.4) is 0 Å². The summed E-state index contributed by atoms with van der Waals surface area (Å²) in [5.74, 6) is -6.49. The van der Waals surface area contributed by atoms with Crippen molar-refractivity contribution < 1.29 is 62.6 Å². The van der Waals surface area contributed by atoms with Crippen LogP contribution in [0.4, 0.5) is 8.78 Å². The number of fused-ring (bicyclic) bond motifs is 1. The van der Waals surface area contributed by atoms with E-state index in [-0.39, 0.29) is 48.6 Å². The number of aliphatic carboxylic acids is 2. The van der Waals surface area contributed by atoms with Gasteiger partial charge >= 0.3 is 11.9 Å². The number of ether oxygens (including phenoxy) is 1. The number of nitrogens with one attached hydrogen (secondary N) is 1. The van der Waals surface area contributed by atoms with Gasteiger partial charge in [-0.3, -0.25) is 48.5 Å². The van der Waals surface area contributed by atoms with Gasteiger partial charge in [-0.15, -0.1) is 0 Å². The number of halogens is 2. The third kappa shape index (κ3) is 14.9. The molecular formula is C40H56F2N10O11. The second-order valence-electron chi connectivity index (χ2n) is 16.0. The normalized spacial score (nSPS) is 20.2. The van der Waals surface area contributed by atoms with Gasteiger partial charge in [-0.1, -0.05) is 0 Å². The van der Waals surface area contributed by atoms with Crippen molar-refractivity contribution in [2.24, 2.45) is 0 Å². The summed E-state index contributed by atoms with van der Waals surface area (Å²) in [5, 5.41) is 62.5. The smallest absolute Gasteiger partial charge is 0.317 e. The third-order valence-corrected chi connectivity index (χ3v) is 11.3. The number of aromatic nitrogens is 1. The number of hydrogen-bond acceptors (Lipinski definition) is 15. The first-order valence-electron chi connectivity index (χ1n) is 20.8. The van der Waals surface area contributed by atoms with E-state index in [1.54, 1.807) is 31.7 Å². The van der Waals surface area contributed by atoms with Crippen LogP contribution in [-0.2, 0) is 19.2 Å². The number of benzene rings is 1. The van der Waals surface area contributed by atoms with Gasteiger partial charge in [0.05, 0.1) is 56.3 Å². The molecule has 1 aromatic heterocycles. The molecule has 3 aliphatic rings. The molecule has 0 radical (unpaired) electrons. The number of hydrogen-bond donors (Lipinski definition) is 5. The number of carbonyl (C=O) groups is 5. The van der Waals surface area contributed by atoms with Gasteiger partial charge < -0.3 is 45.5 Å². The number of aliphatic hydroxyl groups is 2. The topological polar surface area (TPSA) is 261 Å². The lowest BCUT2D eigenvalue weighted by Gasteiger charge is -2.37. The van der Waals surface area contributed by atoms with Gasteiger partial charge in [0.25, 0.3) is 11.8 Å². The second-order valence-corrected chi connectivity index (χ2v) is 16.0. The van der Waals surface area contributed by atoms with E-state index in [1.807, 2.05) is 4.90 Å². The van der Waals surface area contributed by atoms with Crippen molar-refractivity contribution in [1.82, 2.24) is 39.6 Å². The van der Waals surface area contributed by atoms with E-state index in [0.717, 1.165) is 11.1 Å². The summed E-state index contributed by atoms with van der Waals surface area (Å²) in [6.07, 6.45) is -0.630. The van der Waals surface area contributed by atoms with Crippen LogP contribution in [-0.4, -0.2) is 234 Å². The standard InChI is InChI=1S/C40H56F2N10O11/c41-40(42)21-29(22-43)51(28-40)34(53)23-44-39(61)31-4-6-52(62)33-3-2-30(20-32(31)33)63-19-1-5-45-15-17-50(18-16-45)35(54)24-46-7-9-47(25-36(55)56)11-13-49(27-38(59)60)14-12-48(10-8-46)26-37(57)58/h2-4,6,20,29,38,59-60H,1,5,7-19,21,23-28H2,(H,44,61)(H,55,56)(H,57,58)/t29-/m0/s1. The number of likely N-dealkylation sites (tertiary alicyclic amines) is 1. The van der Waals surface area contributed by atoms with Crippen molar-refractivity contribution >= 4 is 40.6 Å². The molecule has 2 aromatic rings. The van der Waals surface area contributed by atoms with Crippen molar-refractivity contribution in [1.29, 1.82) is 5.26 Å². The molecule has 0 bridgehead atoms. The van der Waals surface area contributed by atoms with Gasteiger partial charge in [-0.25, -0.2) is 8.78 Å². The Balaban J connectivity index is 1.09. The molecule has 3 saturated heterocycles. The maximum absolute atomic E-state index is 13.8. The summed E-state index contributed by atoms with van der Waals surface area (Å²) in [4.78, 5) is 74.4. The molecule has 346 valence electrons. The number of nitriles is 1. The number of β-amino-alcohol motifs (C(OH)–C–C–N with tert-alkyl or cyclic N) is 2. The Morgan fingerprint density at radius 1 is 0.841 bits per heavy atom. The zero-order valence-corrected chi connectivity index (χ0v) is 35.0. The summed E-state index contributed by atoms with van der Waals surface area (Å²) in [6, 6.07) is 6.28. The van der Waals surface area contributed by atoms with E-state index in [0.29, 0.717) is 109 Å². The van der Waals surface area contributed by atoms with E-state index in [2.05, 4.69) is 10.2 Å². The Labute approximate surface area is 362 Å². The molecule has 0 spiro atoms. The number of alkyl halides is 2. The van der Waals surface area contributed by atoms with Crippen LogP contribution in [0.5, 0.6) is 5.75 Å². The minimum absolute atomic E-state index is 0.0587. The Hall–Kier alpha value is -5.35. The Bertz CT molecular complexity index is 1930. The summed E-state index contributed by atoms with van der Waals surface area (Å²) >= 11 is 0. The molecule has 3 aliphatic heterocycles. The van der Waals surface area contributed by atoms with E-state index in [9.17, 15) is 63.6 Å². The summed E-state index contributed by atoms with van der Waals surface area (Å²) in [6.45, 7) is 3.85. The molecule has 5 N–H and O–H groups in total. The van der Waals surface area contributed by atoms with E-state index in [4.69, 9.17) is 4.74 Å². The van der Waals surface area contributed by atoms with Gasteiger partial charge in [0.2, 0.25) is 17.3 Å². The Morgan fingerprint density at radius 2 is 1.41 bits per heavy atom. The highest BCUT2D eigenvalue weighted by Crippen LogP contribution is 2.31. The van der Waals surface area contributed by atoms with E-state index >= 15 is 0 Å². The van der Waals surface area contributed by atoms with Gasteiger partial charge in [-0.2, -0.15) is 9.99 Å². The zero-order valence-electron chi connectivity index (χ0n) is 35.0. The lowest BCUT2D eigenvalue weighted by Crippen LogP contribution is -2.53. The largest absolute Gasteiger partial charge is 0.618 e. The molecule has 3 amide bonds. The number of rotatable bonds is 16. The Morgan fingerprint density at radius 3 is 1.98 bits per heavy atom. The van der Waals surface area contributed by atoms with Crippen molar-refractivity contribution in [3.05, 3.63) is 41.2 Å². The van der Waals surface area contributed by atoms with Crippen LogP contribution in [0.1, 0.15) is 23.2 Å². The Kier molecular flexibility index (Phi) is 17.6. The monoisotopic (exact) mass is 890 g/mol. The number of carboxylic acid groups (broad SMARTS) is 2. The molecule has 3 fully saturated rings. The van der Waals surface area contributed by atoms with Crippen LogP contribution in [0.15, 0.2) is 30.5 Å². The first-order chi connectivity index (χ1) is 30.0. The minimum Gasteiger partial charge on any atom is -0.618 e. The first kappa shape index (κ1) is 48.7. The average molecular weight is 891 g/mol. The second kappa shape index (κ2) is 22.8. The molecule has 0 unspecified atom stereocenters. The van der Waals surface area contributed by atoms with Gasteiger partial charge in [0, 0.05) is 110 Å². The van der Waals surface area contributed by atoms with E-state index < -0.39 is 61.5 Å². The predicted octanol–water partition coefficient (Wildman–Crippen LogP) is -2.42. The highest BCUT2D eigenvalue weighted by Gasteiger charge is 2.47. The highest BCUT2D eigenvalue weighted by atomic mass is 19.3. The number of carboxylic acids is 2. The molecule has 63 heavy (non-hydrogen) atoms. The van der Waals surface area contributed by atoms with Crippen LogP contribution >= 0.6 is 0 Å². The number of nitrogens with zero attached hydrogens (tertiary/aromatic N) is 9. The summed E-state index contributed by atoms with van der Waals surface area (Å²) in [5.41, 5.74) is 0.220. The van der Waals surface area contributed by atoms with Crippen LogP contribution in [0.25, 0.3) is 10.9 Å². The fourth-order valence-corrected chi connectivity index (χ4v) is 7.91. The number of piperazine rings is 1. The maximum atomic E-state index is 13.8. The van der Waals surface area contributed by atoms with Crippen LogP contribution in [0.2, 0.25) is 0 Å².